The minimum absolute atomic E-state index is 0.458. The van der Waals surface area contributed by atoms with Crippen LogP contribution in [0.2, 0.25) is 0 Å². The molecule has 0 saturated heterocycles. The highest BCUT2D eigenvalue weighted by Gasteiger charge is 2.32. The highest BCUT2D eigenvalue weighted by molar-refractivity contribution is 5.05. The van der Waals surface area contributed by atoms with Crippen molar-refractivity contribution in [1.82, 2.24) is 20.1 Å². The quantitative estimate of drug-likeness (QED) is 0.846. The molecule has 0 aromatic carbocycles. The standard InChI is InChI=1S/C15H26N4/c1-15(2,3)12-6-4-11(5-7-12)14-18-17-13-10-16-8-9-19(13)14/h11-12,16H,4-10H2,1-3H3. The summed E-state index contributed by atoms with van der Waals surface area (Å²) in [6, 6.07) is 0. The average Bonchev–Trinajstić information content (AvgIpc) is 2.82. The number of nitrogens with zero attached hydrogens (tertiary/aromatic N) is 3. The van der Waals surface area contributed by atoms with Crippen molar-refractivity contribution in [3.8, 4) is 0 Å². The first-order chi connectivity index (χ1) is 9.05. The van der Waals surface area contributed by atoms with E-state index in [9.17, 15) is 0 Å². The molecule has 0 unspecified atom stereocenters. The molecule has 1 N–H and O–H groups in total. The van der Waals surface area contributed by atoms with E-state index in [2.05, 4.69) is 40.9 Å². The summed E-state index contributed by atoms with van der Waals surface area (Å²) in [4.78, 5) is 0. The van der Waals surface area contributed by atoms with E-state index < -0.39 is 0 Å². The third-order valence-electron chi connectivity index (χ3n) is 4.97. The fourth-order valence-electron chi connectivity index (χ4n) is 3.63. The van der Waals surface area contributed by atoms with Gasteiger partial charge in [-0.25, -0.2) is 0 Å². The maximum absolute atomic E-state index is 4.48. The molecule has 4 nitrogen and oxygen atoms in total. The van der Waals surface area contributed by atoms with Crippen molar-refractivity contribution < 1.29 is 0 Å². The molecule has 1 fully saturated rings. The van der Waals surface area contributed by atoms with E-state index in [4.69, 9.17) is 0 Å². The van der Waals surface area contributed by atoms with Crippen LogP contribution in [0, 0.1) is 11.3 Å². The van der Waals surface area contributed by atoms with Crippen LogP contribution in [0.15, 0.2) is 0 Å². The Morgan fingerprint density at radius 1 is 1.11 bits per heavy atom. The van der Waals surface area contributed by atoms with Gasteiger partial charge in [0.1, 0.15) is 11.6 Å². The number of hydrogen-bond donors (Lipinski definition) is 1. The molecule has 0 radical (unpaired) electrons. The lowest BCUT2D eigenvalue weighted by molar-refractivity contribution is 0.166. The molecule has 1 aromatic rings. The van der Waals surface area contributed by atoms with Gasteiger partial charge in [-0.1, -0.05) is 20.8 Å². The van der Waals surface area contributed by atoms with Crippen molar-refractivity contribution in [3.63, 3.8) is 0 Å². The van der Waals surface area contributed by atoms with Crippen LogP contribution in [-0.2, 0) is 13.1 Å². The third kappa shape index (κ3) is 2.55. The predicted octanol–water partition coefficient (Wildman–Crippen LogP) is 2.70. The molecule has 0 bridgehead atoms. The number of nitrogens with one attached hydrogen (secondary N) is 1. The summed E-state index contributed by atoms with van der Waals surface area (Å²) in [5.74, 6) is 3.88. The van der Waals surface area contributed by atoms with Crippen molar-refractivity contribution in [2.45, 2.75) is 65.5 Å². The summed E-state index contributed by atoms with van der Waals surface area (Å²) in [5.41, 5.74) is 0.458. The Morgan fingerprint density at radius 2 is 1.84 bits per heavy atom. The molecular weight excluding hydrogens is 236 g/mol. The molecule has 19 heavy (non-hydrogen) atoms. The van der Waals surface area contributed by atoms with Gasteiger partial charge in [-0.3, -0.25) is 0 Å². The first kappa shape index (κ1) is 13.1. The summed E-state index contributed by atoms with van der Waals surface area (Å²) in [5, 5.41) is 12.2. The Morgan fingerprint density at radius 3 is 2.53 bits per heavy atom. The van der Waals surface area contributed by atoms with Crippen LogP contribution in [0.1, 0.15) is 64.0 Å². The van der Waals surface area contributed by atoms with Crippen molar-refractivity contribution >= 4 is 0 Å². The van der Waals surface area contributed by atoms with E-state index in [0.717, 1.165) is 31.4 Å². The molecule has 0 atom stereocenters. The van der Waals surface area contributed by atoms with Crippen molar-refractivity contribution in [1.29, 1.82) is 0 Å². The van der Waals surface area contributed by atoms with Crippen LogP contribution in [0.5, 0.6) is 0 Å². The van der Waals surface area contributed by atoms with Crippen LogP contribution in [0.25, 0.3) is 0 Å². The number of hydrogen-bond acceptors (Lipinski definition) is 3. The van der Waals surface area contributed by atoms with E-state index in [-0.39, 0.29) is 0 Å². The zero-order valence-electron chi connectivity index (χ0n) is 12.4. The van der Waals surface area contributed by atoms with Crippen LogP contribution in [0.3, 0.4) is 0 Å². The summed E-state index contributed by atoms with van der Waals surface area (Å²) < 4.78 is 2.36. The first-order valence-electron chi connectivity index (χ1n) is 7.68. The minimum Gasteiger partial charge on any atom is -0.312 e. The summed E-state index contributed by atoms with van der Waals surface area (Å²) in [6.07, 6.45) is 5.25. The van der Waals surface area contributed by atoms with Gasteiger partial charge in [0.25, 0.3) is 0 Å². The van der Waals surface area contributed by atoms with E-state index in [0.29, 0.717) is 11.3 Å². The second-order valence-electron chi connectivity index (χ2n) is 7.22. The molecular formula is C15H26N4. The fourth-order valence-corrected chi connectivity index (χ4v) is 3.63. The lowest BCUT2D eigenvalue weighted by Gasteiger charge is -2.36. The maximum Gasteiger partial charge on any atom is 0.147 e. The van der Waals surface area contributed by atoms with E-state index in [1.54, 1.807) is 0 Å². The summed E-state index contributed by atoms with van der Waals surface area (Å²) >= 11 is 0. The highest BCUT2D eigenvalue weighted by Crippen LogP contribution is 2.42. The van der Waals surface area contributed by atoms with Crippen molar-refractivity contribution in [2.75, 3.05) is 6.54 Å². The monoisotopic (exact) mass is 262 g/mol. The first-order valence-corrected chi connectivity index (χ1v) is 7.68. The molecule has 2 aliphatic rings. The molecule has 1 saturated carbocycles. The largest absolute Gasteiger partial charge is 0.312 e. The van der Waals surface area contributed by atoms with Crippen molar-refractivity contribution in [2.24, 2.45) is 11.3 Å². The molecule has 0 amide bonds. The number of fused-ring (bicyclic) bond motifs is 1. The molecule has 1 aliphatic carbocycles. The zero-order valence-corrected chi connectivity index (χ0v) is 12.4. The predicted molar refractivity (Wildman–Crippen MR) is 75.9 cm³/mol. The van der Waals surface area contributed by atoms with Gasteiger partial charge in [0.2, 0.25) is 0 Å². The fraction of sp³-hybridized carbons (Fsp3) is 0.867. The minimum atomic E-state index is 0.458. The van der Waals surface area contributed by atoms with Gasteiger partial charge in [0.05, 0.1) is 6.54 Å². The Hall–Kier alpha value is -0.900. The topological polar surface area (TPSA) is 42.7 Å². The van der Waals surface area contributed by atoms with Gasteiger partial charge < -0.3 is 9.88 Å². The zero-order chi connectivity index (χ0) is 13.5. The Bertz CT molecular complexity index is 435. The van der Waals surface area contributed by atoms with Gasteiger partial charge >= 0.3 is 0 Å². The third-order valence-corrected chi connectivity index (χ3v) is 4.97. The lowest BCUT2D eigenvalue weighted by Crippen LogP contribution is -2.31. The van der Waals surface area contributed by atoms with Crippen LogP contribution >= 0.6 is 0 Å². The molecule has 2 heterocycles. The Kier molecular flexibility index (Phi) is 3.37. The second kappa shape index (κ2) is 4.89. The SMILES string of the molecule is CC(C)(C)C1CCC(c2nnc3n2CCNC3)CC1. The van der Waals surface area contributed by atoms with Gasteiger partial charge in [-0.2, -0.15) is 0 Å². The normalized spacial score (nSPS) is 28.2. The van der Waals surface area contributed by atoms with Gasteiger partial charge in [-0.05, 0) is 37.0 Å². The van der Waals surface area contributed by atoms with Crippen LogP contribution in [-0.4, -0.2) is 21.3 Å². The van der Waals surface area contributed by atoms with E-state index in [1.165, 1.54) is 31.5 Å². The number of aromatic nitrogens is 3. The van der Waals surface area contributed by atoms with Gasteiger partial charge in [0, 0.05) is 19.0 Å². The average molecular weight is 262 g/mol. The molecule has 106 valence electrons. The smallest absolute Gasteiger partial charge is 0.147 e. The van der Waals surface area contributed by atoms with Crippen LogP contribution in [0.4, 0.5) is 0 Å². The summed E-state index contributed by atoms with van der Waals surface area (Å²) in [7, 11) is 0. The molecule has 1 aliphatic heterocycles. The highest BCUT2D eigenvalue weighted by atomic mass is 15.3. The number of rotatable bonds is 1. The molecule has 3 rings (SSSR count). The van der Waals surface area contributed by atoms with Crippen molar-refractivity contribution in [3.05, 3.63) is 11.6 Å². The summed E-state index contributed by atoms with van der Waals surface area (Å²) in [6.45, 7) is 10.1. The maximum atomic E-state index is 4.48. The van der Waals surface area contributed by atoms with Gasteiger partial charge in [-0.15, -0.1) is 10.2 Å². The Labute approximate surface area is 116 Å². The Balaban J connectivity index is 1.70. The molecule has 1 aromatic heterocycles. The lowest BCUT2D eigenvalue weighted by atomic mass is 9.69. The van der Waals surface area contributed by atoms with E-state index in [1.807, 2.05) is 0 Å². The van der Waals surface area contributed by atoms with Gasteiger partial charge in [0.15, 0.2) is 0 Å². The molecule has 0 spiro atoms. The van der Waals surface area contributed by atoms with E-state index >= 15 is 0 Å². The molecule has 4 heteroatoms. The van der Waals surface area contributed by atoms with Crippen LogP contribution < -0.4 is 5.32 Å². The second-order valence-corrected chi connectivity index (χ2v) is 7.22.